The lowest BCUT2D eigenvalue weighted by molar-refractivity contribution is -0.145. The van der Waals surface area contributed by atoms with Crippen LogP contribution in [0.2, 0.25) is 0 Å². The van der Waals surface area contributed by atoms with E-state index in [-0.39, 0.29) is 5.82 Å². The van der Waals surface area contributed by atoms with Gasteiger partial charge in [0.25, 0.3) is 0 Å². The summed E-state index contributed by atoms with van der Waals surface area (Å²) in [7, 11) is 1.65. The third-order valence-electron chi connectivity index (χ3n) is 1.94. The van der Waals surface area contributed by atoms with Gasteiger partial charge in [0.1, 0.15) is 6.04 Å². The highest BCUT2D eigenvalue weighted by Crippen LogP contribution is 2.01. The molecule has 0 aromatic carbocycles. The van der Waals surface area contributed by atoms with E-state index in [4.69, 9.17) is 10.2 Å². The Morgan fingerprint density at radius 3 is 2.56 bits per heavy atom. The zero-order valence-corrected chi connectivity index (χ0v) is 9.45. The summed E-state index contributed by atoms with van der Waals surface area (Å²) in [5.41, 5.74) is 0. The molecule has 2 amide bonds. The highest BCUT2D eigenvalue weighted by atomic mass is 16.4. The fourth-order valence-corrected chi connectivity index (χ4v) is 1.17. The highest BCUT2D eigenvalue weighted by Gasteiger charge is 2.23. The molecule has 98 valence electrons. The molecule has 0 bridgehead atoms. The lowest BCUT2D eigenvalue weighted by Gasteiger charge is -2.12. The SMILES string of the molecule is Cn1ccc(NC(=O)N[C@@H](CC(=O)O)C(=O)O)n1. The average Bonchev–Trinajstić information content (AvgIpc) is 2.62. The molecule has 0 spiro atoms. The van der Waals surface area contributed by atoms with Crippen molar-refractivity contribution >= 4 is 23.8 Å². The predicted octanol–water partition coefficient (Wildman–Crippen LogP) is -0.530. The topological polar surface area (TPSA) is 134 Å². The molecule has 9 nitrogen and oxygen atoms in total. The number of carbonyl (C=O) groups is 3. The van der Waals surface area contributed by atoms with Crippen molar-refractivity contribution in [2.45, 2.75) is 12.5 Å². The monoisotopic (exact) mass is 256 g/mol. The number of carboxylic acids is 2. The normalized spacial score (nSPS) is 11.6. The number of hydrogen-bond donors (Lipinski definition) is 4. The van der Waals surface area contributed by atoms with Crippen LogP contribution in [0, 0.1) is 0 Å². The van der Waals surface area contributed by atoms with Crippen molar-refractivity contribution in [3.63, 3.8) is 0 Å². The van der Waals surface area contributed by atoms with Crippen LogP contribution in [0.5, 0.6) is 0 Å². The number of carbonyl (C=O) groups excluding carboxylic acids is 1. The number of nitrogens with one attached hydrogen (secondary N) is 2. The largest absolute Gasteiger partial charge is 0.481 e. The van der Waals surface area contributed by atoms with Gasteiger partial charge in [-0.05, 0) is 0 Å². The van der Waals surface area contributed by atoms with E-state index < -0.39 is 30.4 Å². The molecule has 1 aromatic rings. The number of aromatic nitrogens is 2. The van der Waals surface area contributed by atoms with Gasteiger partial charge < -0.3 is 15.5 Å². The predicted molar refractivity (Wildman–Crippen MR) is 59.0 cm³/mol. The fraction of sp³-hybridized carbons (Fsp3) is 0.333. The molecule has 0 unspecified atom stereocenters. The van der Waals surface area contributed by atoms with Crippen molar-refractivity contribution in [2.75, 3.05) is 5.32 Å². The Bertz CT molecular complexity index is 469. The molecule has 1 atom stereocenters. The molecule has 9 heteroatoms. The molecule has 1 rings (SSSR count). The second-order valence-corrected chi connectivity index (χ2v) is 3.46. The van der Waals surface area contributed by atoms with Crippen LogP contribution >= 0.6 is 0 Å². The molecule has 0 fully saturated rings. The van der Waals surface area contributed by atoms with Crippen molar-refractivity contribution in [1.29, 1.82) is 0 Å². The quantitative estimate of drug-likeness (QED) is 0.559. The maximum Gasteiger partial charge on any atom is 0.326 e. The Hall–Kier alpha value is -2.58. The molecule has 18 heavy (non-hydrogen) atoms. The molecule has 0 aliphatic rings. The molecule has 0 aliphatic carbocycles. The number of hydrogen-bond acceptors (Lipinski definition) is 4. The lowest BCUT2D eigenvalue weighted by Crippen LogP contribution is -2.44. The average molecular weight is 256 g/mol. The Morgan fingerprint density at radius 2 is 2.11 bits per heavy atom. The Balaban J connectivity index is 2.56. The zero-order valence-electron chi connectivity index (χ0n) is 9.45. The first-order chi connectivity index (χ1) is 8.38. The summed E-state index contributed by atoms with van der Waals surface area (Å²) in [4.78, 5) is 32.5. The molecule has 0 radical (unpaired) electrons. The highest BCUT2D eigenvalue weighted by molar-refractivity contribution is 5.92. The van der Waals surface area contributed by atoms with Crippen molar-refractivity contribution in [3.8, 4) is 0 Å². The van der Waals surface area contributed by atoms with Crippen molar-refractivity contribution in [3.05, 3.63) is 12.3 Å². The molecule has 0 aliphatic heterocycles. The van der Waals surface area contributed by atoms with Crippen LogP contribution in [0.3, 0.4) is 0 Å². The van der Waals surface area contributed by atoms with Crippen LogP contribution in [-0.2, 0) is 16.6 Å². The number of aryl methyl sites for hydroxylation is 1. The van der Waals surface area contributed by atoms with Gasteiger partial charge in [0.15, 0.2) is 5.82 Å². The van der Waals surface area contributed by atoms with E-state index in [1.165, 1.54) is 10.7 Å². The number of amides is 2. The van der Waals surface area contributed by atoms with Gasteiger partial charge >= 0.3 is 18.0 Å². The minimum absolute atomic E-state index is 0.231. The summed E-state index contributed by atoms with van der Waals surface area (Å²) in [5.74, 6) is -2.51. The van der Waals surface area contributed by atoms with Crippen LogP contribution in [0.4, 0.5) is 10.6 Å². The lowest BCUT2D eigenvalue weighted by atomic mass is 10.2. The number of aliphatic carboxylic acids is 2. The maximum absolute atomic E-state index is 11.4. The Morgan fingerprint density at radius 1 is 1.44 bits per heavy atom. The standard InChI is InChI=1S/C9H12N4O5/c1-13-3-2-6(12-13)11-9(18)10-5(8(16)17)4-7(14)15/h2-3,5H,4H2,1H3,(H,14,15)(H,16,17)(H2,10,11,12,18)/t5-/m0/s1. The van der Waals surface area contributed by atoms with Gasteiger partial charge in [0.05, 0.1) is 6.42 Å². The summed E-state index contributed by atoms with van der Waals surface area (Å²) in [6.07, 6.45) is 0.881. The van der Waals surface area contributed by atoms with Crippen molar-refractivity contribution in [2.24, 2.45) is 7.05 Å². The van der Waals surface area contributed by atoms with Gasteiger partial charge in [-0.1, -0.05) is 0 Å². The number of anilines is 1. The van der Waals surface area contributed by atoms with Crippen molar-refractivity contribution in [1.82, 2.24) is 15.1 Å². The molecular formula is C9H12N4O5. The number of nitrogens with zero attached hydrogens (tertiary/aromatic N) is 2. The smallest absolute Gasteiger partial charge is 0.326 e. The zero-order chi connectivity index (χ0) is 13.7. The molecule has 0 saturated carbocycles. The van der Waals surface area contributed by atoms with E-state index in [0.717, 1.165) is 0 Å². The Labute approximate surface area is 101 Å². The minimum atomic E-state index is -1.49. The number of urea groups is 1. The Kier molecular flexibility index (Phi) is 4.24. The van der Waals surface area contributed by atoms with Crippen LogP contribution in [0.15, 0.2) is 12.3 Å². The van der Waals surface area contributed by atoms with Gasteiger partial charge in [-0.2, -0.15) is 5.10 Å². The van der Waals surface area contributed by atoms with Crippen LogP contribution in [-0.4, -0.2) is 44.0 Å². The van der Waals surface area contributed by atoms with Gasteiger partial charge in [0, 0.05) is 19.3 Å². The van der Waals surface area contributed by atoms with Crippen LogP contribution in [0.1, 0.15) is 6.42 Å². The first-order valence-corrected chi connectivity index (χ1v) is 4.90. The van der Waals surface area contributed by atoms with E-state index in [9.17, 15) is 14.4 Å². The fourth-order valence-electron chi connectivity index (χ4n) is 1.17. The summed E-state index contributed by atoms with van der Waals surface area (Å²) >= 11 is 0. The summed E-state index contributed by atoms with van der Waals surface area (Å²) in [5, 5.41) is 25.4. The first-order valence-electron chi connectivity index (χ1n) is 4.90. The van der Waals surface area contributed by atoms with E-state index in [2.05, 4.69) is 10.4 Å². The third-order valence-corrected chi connectivity index (χ3v) is 1.94. The summed E-state index contributed by atoms with van der Waals surface area (Å²) < 4.78 is 1.45. The van der Waals surface area contributed by atoms with E-state index in [0.29, 0.717) is 0 Å². The van der Waals surface area contributed by atoms with E-state index >= 15 is 0 Å². The van der Waals surface area contributed by atoms with Gasteiger partial charge in [-0.3, -0.25) is 14.8 Å². The summed E-state index contributed by atoms with van der Waals surface area (Å²) in [6, 6.07) is -0.819. The second-order valence-electron chi connectivity index (χ2n) is 3.46. The van der Waals surface area contributed by atoms with E-state index in [1.807, 2.05) is 5.32 Å². The first kappa shape index (κ1) is 13.5. The summed E-state index contributed by atoms with van der Waals surface area (Å²) in [6.45, 7) is 0. The van der Waals surface area contributed by atoms with Gasteiger partial charge in [-0.25, -0.2) is 9.59 Å². The molecule has 4 N–H and O–H groups in total. The molecular weight excluding hydrogens is 244 g/mol. The van der Waals surface area contributed by atoms with Crippen LogP contribution < -0.4 is 10.6 Å². The second kappa shape index (κ2) is 5.66. The maximum atomic E-state index is 11.4. The van der Waals surface area contributed by atoms with Gasteiger partial charge in [-0.15, -0.1) is 0 Å². The molecule has 1 aromatic heterocycles. The molecule has 1 heterocycles. The number of rotatable bonds is 5. The molecule has 0 saturated heterocycles. The van der Waals surface area contributed by atoms with Gasteiger partial charge in [0.2, 0.25) is 0 Å². The van der Waals surface area contributed by atoms with Crippen molar-refractivity contribution < 1.29 is 24.6 Å². The third kappa shape index (κ3) is 4.12. The van der Waals surface area contributed by atoms with E-state index in [1.54, 1.807) is 13.2 Å². The van der Waals surface area contributed by atoms with Crippen LogP contribution in [0.25, 0.3) is 0 Å². The number of carboxylic acid groups (broad SMARTS) is 2. The minimum Gasteiger partial charge on any atom is -0.481 e.